The van der Waals surface area contributed by atoms with Gasteiger partial charge in [0.05, 0.1) is 4.90 Å². The minimum atomic E-state index is -3.59. The lowest BCUT2D eigenvalue weighted by Gasteiger charge is -2.25. The molecule has 1 heterocycles. The van der Waals surface area contributed by atoms with Crippen molar-refractivity contribution in [3.05, 3.63) is 65.7 Å². The zero-order valence-electron chi connectivity index (χ0n) is 18.5. The van der Waals surface area contributed by atoms with Crippen LogP contribution in [0.15, 0.2) is 65.1 Å². The average Bonchev–Trinajstić information content (AvgIpc) is 2.82. The Hall–Kier alpha value is -2.48. The Labute approximate surface area is 185 Å². The van der Waals surface area contributed by atoms with E-state index in [1.807, 2.05) is 12.1 Å². The molecule has 1 aliphatic rings. The summed E-state index contributed by atoms with van der Waals surface area (Å²) in [6.07, 6.45) is 2.10. The second kappa shape index (κ2) is 10.2. The Kier molecular flexibility index (Phi) is 7.64. The fourth-order valence-electron chi connectivity index (χ4n) is 3.71. The monoisotopic (exact) mass is 441 g/mol. The number of likely N-dealkylation sites (N-methyl/N-ethyl adjacent to an activating group) is 1. The first-order valence-electron chi connectivity index (χ1n) is 10.7. The number of nitrogens with one attached hydrogen (secondary N) is 1. The van der Waals surface area contributed by atoms with Gasteiger partial charge in [0.1, 0.15) is 0 Å². The number of rotatable bonds is 8. The zero-order chi connectivity index (χ0) is 22.4. The van der Waals surface area contributed by atoms with Crippen LogP contribution in [0.2, 0.25) is 0 Å². The van der Waals surface area contributed by atoms with Gasteiger partial charge >= 0.3 is 0 Å². The number of nitrogens with zero attached hydrogens (tertiary/aromatic N) is 2. The molecule has 1 aliphatic heterocycles. The van der Waals surface area contributed by atoms with Crippen LogP contribution in [-0.2, 0) is 21.4 Å². The summed E-state index contributed by atoms with van der Waals surface area (Å²) in [6, 6.07) is 15.4. The van der Waals surface area contributed by atoms with Gasteiger partial charge in [-0.25, -0.2) is 8.42 Å². The second-order valence-corrected chi connectivity index (χ2v) is 9.54. The van der Waals surface area contributed by atoms with Gasteiger partial charge in [-0.2, -0.15) is 4.31 Å². The molecular formula is C24H31N3O3S. The number of benzene rings is 2. The third-order valence-electron chi connectivity index (χ3n) is 5.77. The van der Waals surface area contributed by atoms with E-state index in [1.54, 1.807) is 25.3 Å². The van der Waals surface area contributed by atoms with E-state index < -0.39 is 10.0 Å². The summed E-state index contributed by atoms with van der Waals surface area (Å²) in [4.78, 5) is 14.4. The van der Waals surface area contributed by atoms with Crippen LogP contribution >= 0.6 is 0 Å². The van der Waals surface area contributed by atoms with Crippen LogP contribution in [0, 0.1) is 0 Å². The maximum absolute atomic E-state index is 13.0. The highest BCUT2D eigenvalue weighted by Crippen LogP contribution is 2.25. The van der Waals surface area contributed by atoms with Gasteiger partial charge in [0, 0.05) is 32.3 Å². The summed E-state index contributed by atoms with van der Waals surface area (Å²) in [6.45, 7) is 7.81. The SMILES string of the molecule is CCN(CC)Cc1ccc(-c2ccc(S(=O)(=O)N3CC=C(C(=O)NC)CC3)cc2)cc1. The fourth-order valence-corrected chi connectivity index (χ4v) is 5.09. The van der Waals surface area contributed by atoms with Gasteiger partial charge in [-0.1, -0.05) is 56.3 Å². The van der Waals surface area contributed by atoms with E-state index in [0.717, 1.165) is 30.8 Å². The van der Waals surface area contributed by atoms with Gasteiger partial charge in [0.2, 0.25) is 15.9 Å². The minimum Gasteiger partial charge on any atom is -0.355 e. The van der Waals surface area contributed by atoms with Crippen molar-refractivity contribution >= 4 is 15.9 Å². The number of carbonyl (C=O) groups excluding carboxylic acids is 1. The van der Waals surface area contributed by atoms with Crippen LogP contribution in [0.1, 0.15) is 25.8 Å². The van der Waals surface area contributed by atoms with Gasteiger partial charge in [-0.15, -0.1) is 0 Å². The van der Waals surface area contributed by atoms with Crippen molar-refractivity contribution in [1.82, 2.24) is 14.5 Å². The number of sulfonamides is 1. The Morgan fingerprint density at radius 1 is 1.00 bits per heavy atom. The van der Waals surface area contributed by atoms with E-state index in [4.69, 9.17) is 0 Å². The summed E-state index contributed by atoms with van der Waals surface area (Å²) < 4.78 is 27.4. The molecule has 0 radical (unpaired) electrons. The topological polar surface area (TPSA) is 69.7 Å². The van der Waals surface area contributed by atoms with Crippen LogP contribution in [0.4, 0.5) is 0 Å². The molecule has 166 valence electrons. The summed E-state index contributed by atoms with van der Waals surface area (Å²) in [7, 11) is -2.02. The number of carbonyl (C=O) groups is 1. The van der Waals surface area contributed by atoms with Gasteiger partial charge in [0.25, 0.3) is 0 Å². The van der Waals surface area contributed by atoms with E-state index in [1.165, 1.54) is 9.87 Å². The van der Waals surface area contributed by atoms with Crippen LogP contribution in [0.3, 0.4) is 0 Å². The molecule has 7 heteroatoms. The molecule has 0 fully saturated rings. The normalized spacial score (nSPS) is 15.0. The van der Waals surface area contributed by atoms with Crippen molar-refractivity contribution in [2.75, 3.05) is 33.2 Å². The van der Waals surface area contributed by atoms with Gasteiger partial charge < -0.3 is 5.32 Å². The molecule has 0 saturated heterocycles. The van der Waals surface area contributed by atoms with Crippen LogP contribution in [0.25, 0.3) is 11.1 Å². The molecule has 0 bridgehead atoms. The van der Waals surface area contributed by atoms with E-state index in [9.17, 15) is 13.2 Å². The Morgan fingerprint density at radius 2 is 1.58 bits per heavy atom. The molecule has 0 saturated carbocycles. The van der Waals surface area contributed by atoms with Gasteiger partial charge in [-0.3, -0.25) is 9.69 Å². The highest BCUT2D eigenvalue weighted by molar-refractivity contribution is 7.89. The third-order valence-corrected chi connectivity index (χ3v) is 7.65. The molecule has 1 amide bonds. The maximum Gasteiger partial charge on any atom is 0.246 e. The molecule has 2 aromatic carbocycles. The van der Waals surface area contributed by atoms with Gasteiger partial charge in [-0.05, 0) is 48.3 Å². The Morgan fingerprint density at radius 3 is 2.06 bits per heavy atom. The van der Waals surface area contributed by atoms with Crippen LogP contribution < -0.4 is 5.32 Å². The highest BCUT2D eigenvalue weighted by atomic mass is 32.2. The van der Waals surface area contributed by atoms with E-state index in [2.05, 4.69) is 48.3 Å². The number of hydrogen-bond acceptors (Lipinski definition) is 4. The third kappa shape index (κ3) is 5.42. The molecule has 0 atom stereocenters. The molecule has 1 N–H and O–H groups in total. The summed E-state index contributed by atoms with van der Waals surface area (Å²) >= 11 is 0. The molecule has 0 aromatic heterocycles. The first-order chi connectivity index (χ1) is 14.9. The van der Waals surface area contributed by atoms with Crippen molar-refractivity contribution in [2.24, 2.45) is 0 Å². The van der Waals surface area contributed by atoms with E-state index >= 15 is 0 Å². The van der Waals surface area contributed by atoms with Crippen molar-refractivity contribution in [1.29, 1.82) is 0 Å². The lowest BCUT2D eigenvalue weighted by Crippen LogP contribution is -2.37. The van der Waals surface area contributed by atoms with E-state index in [0.29, 0.717) is 18.5 Å². The predicted molar refractivity (Wildman–Crippen MR) is 124 cm³/mol. The lowest BCUT2D eigenvalue weighted by atomic mass is 10.0. The Bertz CT molecular complexity index is 1020. The minimum absolute atomic E-state index is 0.149. The quantitative estimate of drug-likeness (QED) is 0.683. The average molecular weight is 442 g/mol. The summed E-state index contributed by atoms with van der Waals surface area (Å²) in [5.41, 5.74) is 3.94. The second-order valence-electron chi connectivity index (χ2n) is 7.60. The number of amides is 1. The van der Waals surface area contributed by atoms with Crippen molar-refractivity contribution in [3.63, 3.8) is 0 Å². The van der Waals surface area contributed by atoms with Crippen molar-refractivity contribution < 1.29 is 13.2 Å². The first kappa shape index (κ1) is 23.2. The molecular weight excluding hydrogens is 410 g/mol. The molecule has 3 rings (SSSR count). The molecule has 0 aliphatic carbocycles. The molecule has 6 nitrogen and oxygen atoms in total. The summed E-state index contributed by atoms with van der Waals surface area (Å²) in [5, 5.41) is 2.58. The number of hydrogen-bond donors (Lipinski definition) is 1. The molecule has 2 aromatic rings. The largest absolute Gasteiger partial charge is 0.355 e. The Balaban J connectivity index is 1.71. The standard InChI is InChI=1S/C24H31N3O3S/c1-4-26(5-2)18-19-6-8-20(9-7-19)21-10-12-23(13-11-21)31(29,30)27-16-14-22(15-17-27)24(28)25-3/h6-14H,4-5,15-18H2,1-3H3,(H,25,28). The highest BCUT2D eigenvalue weighted by Gasteiger charge is 2.27. The maximum atomic E-state index is 13.0. The van der Waals surface area contributed by atoms with Crippen molar-refractivity contribution in [2.45, 2.75) is 31.7 Å². The zero-order valence-corrected chi connectivity index (χ0v) is 19.3. The first-order valence-corrected chi connectivity index (χ1v) is 12.2. The van der Waals surface area contributed by atoms with E-state index in [-0.39, 0.29) is 17.3 Å². The molecule has 31 heavy (non-hydrogen) atoms. The predicted octanol–water partition coefficient (Wildman–Crippen LogP) is 3.26. The molecule has 0 spiro atoms. The smallest absolute Gasteiger partial charge is 0.246 e. The summed E-state index contributed by atoms with van der Waals surface area (Å²) in [5.74, 6) is -0.149. The van der Waals surface area contributed by atoms with Gasteiger partial charge in [0.15, 0.2) is 0 Å². The van der Waals surface area contributed by atoms with Crippen LogP contribution in [-0.4, -0.2) is 56.8 Å². The lowest BCUT2D eigenvalue weighted by molar-refractivity contribution is -0.117. The van der Waals surface area contributed by atoms with Crippen molar-refractivity contribution in [3.8, 4) is 11.1 Å². The van der Waals surface area contributed by atoms with Crippen LogP contribution in [0.5, 0.6) is 0 Å². The fraction of sp³-hybridized carbons (Fsp3) is 0.375. The molecule has 0 unspecified atom stereocenters.